The lowest BCUT2D eigenvalue weighted by atomic mass is 10.1. The van der Waals surface area contributed by atoms with Gasteiger partial charge in [-0.1, -0.05) is 19.9 Å². The van der Waals surface area contributed by atoms with E-state index in [-0.39, 0.29) is 24.8 Å². The number of aliphatic hydroxyl groups excluding tert-OH is 1. The molecule has 1 aromatic carbocycles. The van der Waals surface area contributed by atoms with E-state index >= 15 is 0 Å². The highest BCUT2D eigenvalue weighted by atomic mass is 35.5. The fourth-order valence-corrected chi connectivity index (χ4v) is 2.80. The Bertz CT molecular complexity index is 524. The highest BCUT2D eigenvalue weighted by molar-refractivity contribution is 5.85. The van der Waals surface area contributed by atoms with E-state index in [1.165, 1.54) is 12.1 Å². The Morgan fingerprint density at radius 3 is 2.27 bits per heavy atom. The smallest absolute Gasteiger partial charge is 0.390 e. The van der Waals surface area contributed by atoms with Gasteiger partial charge in [0.25, 0.3) is 0 Å². The number of nitrogens with zero attached hydrogens (tertiary/aromatic N) is 2. The third-order valence-corrected chi connectivity index (χ3v) is 4.14. The summed E-state index contributed by atoms with van der Waals surface area (Å²) >= 11 is 0. The van der Waals surface area contributed by atoms with Crippen LogP contribution in [0.15, 0.2) is 24.3 Å². The molecule has 0 radical (unpaired) electrons. The van der Waals surface area contributed by atoms with Gasteiger partial charge in [0, 0.05) is 51.0 Å². The fraction of sp³-hybridized carbons (Fsp3) is 0.647. The van der Waals surface area contributed by atoms with Gasteiger partial charge in [-0.2, -0.15) is 13.2 Å². The molecular formula is C17H28Cl2F3N3O. The zero-order valence-electron chi connectivity index (χ0n) is 15.0. The van der Waals surface area contributed by atoms with Crippen LogP contribution in [0.4, 0.5) is 18.9 Å². The predicted molar refractivity (Wildman–Crippen MR) is 104 cm³/mol. The van der Waals surface area contributed by atoms with Gasteiger partial charge in [0.1, 0.15) is 0 Å². The van der Waals surface area contributed by atoms with Crippen molar-refractivity contribution in [3.63, 3.8) is 0 Å². The van der Waals surface area contributed by atoms with Crippen LogP contribution in [-0.2, 0) is 6.18 Å². The van der Waals surface area contributed by atoms with Crippen molar-refractivity contribution in [1.29, 1.82) is 0 Å². The van der Waals surface area contributed by atoms with Crippen LogP contribution < -0.4 is 10.2 Å². The van der Waals surface area contributed by atoms with Crippen LogP contribution in [0.25, 0.3) is 0 Å². The summed E-state index contributed by atoms with van der Waals surface area (Å²) in [5, 5.41) is 13.2. The number of benzene rings is 1. The molecule has 1 aliphatic rings. The first-order valence-electron chi connectivity index (χ1n) is 8.31. The Kier molecular flexibility index (Phi) is 10.9. The number of alkyl halides is 3. The van der Waals surface area contributed by atoms with Gasteiger partial charge in [-0.15, -0.1) is 24.8 Å². The molecule has 9 heteroatoms. The molecule has 0 amide bonds. The maximum absolute atomic E-state index is 12.8. The second-order valence-corrected chi connectivity index (χ2v) is 6.55. The largest absolute Gasteiger partial charge is 0.416 e. The standard InChI is InChI=1S/C17H26F3N3O.2ClH/c1-13(2)21-11-16(24)12-22-6-8-23(9-7-22)15-5-3-4-14(10-15)17(18,19)20;;/h3-5,10,13,16,21,24H,6-9,11-12H2,1-2H3;2*1H. The minimum Gasteiger partial charge on any atom is -0.390 e. The van der Waals surface area contributed by atoms with Gasteiger partial charge in [0.2, 0.25) is 0 Å². The molecule has 1 aromatic rings. The summed E-state index contributed by atoms with van der Waals surface area (Å²) in [5.74, 6) is 0. The normalized spacial score (nSPS) is 16.8. The molecule has 0 aromatic heterocycles. The quantitative estimate of drug-likeness (QED) is 0.745. The van der Waals surface area contributed by atoms with Gasteiger partial charge in [0.15, 0.2) is 0 Å². The summed E-state index contributed by atoms with van der Waals surface area (Å²) in [5.41, 5.74) is -0.0101. The molecule has 0 spiro atoms. The van der Waals surface area contributed by atoms with Crippen molar-refractivity contribution < 1.29 is 18.3 Å². The molecular weight excluding hydrogens is 390 g/mol. The van der Waals surface area contributed by atoms with Crippen LogP contribution in [-0.4, -0.2) is 61.4 Å². The molecule has 0 aliphatic carbocycles. The summed E-state index contributed by atoms with van der Waals surface area (Å²) in [6.07, 6.45) is -4.75. The molecule has 1 saturated heterocycles. The summed E-state index contributed by atoms with van der Waals surface area (Å²) in [7, 11) is 0. The summed E-state index contributed by atoms with van der Waals surface area (Å²) in [4.78, 5) is 4.11. The van der Waals surface area contributed by atoms with Crippen molar-refractivity contribution >= 4 is 30.5 Å². The first kappa shape index (κ1) is 25.3. The van der Waals surface area contributed by atoms with Crippen LogP contribution in [0.3, 0.4) is 0 Å². The summed E-state index contributed by atoms with van der Waals surface area (Å²) in [6.45, 7) is 7.96. The van der Waals surface area contributed by atoms with Crippen molar-refractivity contribution in [3.8, 4) is 0 Å². The first-order chi connectivity index (χ1) is 11.3. The zero-order valence-corrected chi connectivity index (χ0v) is 16.6. The Balaban J connectivity index is 0.00000312. The van der Waals surface area contributed by atoms with Crippen LogP contribution in [0.1, 0.15) is 19.4 Å². The Hall–Kier alpha value is -0.730. The number of hydrogen-bond acceptors (Lipinski definition) is 4. The molecule has 0 bridgehead atoms. The van der Waals surface area contributed by atoms with E-state index in [1.54, 1.807) is 6.07 Å². The number of β-amino-alcohol motifs (C(OH)–C–C–N with tert-alkyl or cyclic N) is 1. The van der Waals surface area contributed by atoms with Gasteiger partial charge < -0.3 is 15.3 Å². The van der Waals surface area contributed by atoms with E-state index in [4.69, 9.17) is 0 Å². The van der Waals surface area contributed by atoms with Crippen LogP contribution in [0.2, 0.25) is 0 Å². The van der Waals surface area contributed by atoms with Gasteiger partial charge >= 0.3 is 6.18 Å². The minimum atomic E-state index is -4.31. The van der Waals surface area contributed by atoms with Gasteiger partial charge in [0.05, 0.1) is 11.7 Å². The minimum absolute atomic E-state index is 0. The third-order valence-electron chi connectivity index (χ3n) is 4.14. The maximum Gasteiger partial charge on any atom is 0.416 e. The number of anilines is 1. The Labute approximate surface area is 165 Å². The number of nitrogens with one attached hydrogen (secondary N) is 1. The molecule has 26 heavy (non-hydrogen) atoms. The maximum atomic E-state index is 12.8. The van der Waals surface area contributed by atoms with Gasteiger partial charge in [-0.3, -0.25) is 4.90 Å². The molecule has 2 rings (SSSR count). The van der Waals surface area contributed by atoms with Crippen molar-refractivity contribution in [1.82, 2.24) is 10.2 Å². The zero-order chi connectivity index (χ0) is 17.7. The highest BCUT2D eigenvalue weighted by Crippen LogP contribution is 2.31. The number of aliphatic hydroxyl groups is 1. The van der Waals surface area contributed by atoms with E-state index in [1.807, 2.05) is 18.7 Å². The van der Waals surface area contributed by atoms with E-state index in [9.17, 15) is 18.3 Å². The summed E-state index contributed by atoms with van der Waals surface area (Å²) in [6, 6.07) is 5.80. The van der Waals surface area contributed by atoms with E-state index in [2.05, 4.69) is 10.2 Å². The predicted octanol–water partition coefficient (Wildman–Crippen LogP) is 3.03. The van der Waals surface area contributed by atoms with E-state index in [0.717, 1.165) is 19.2 Å². The van der Waals surface area contributed by atoms with Crippen molar-refractivity contribution in [3.05, 3.63) is 29.8 Å². The summed E-state index contributed by atoms with van der Waals surface area (Å²) < 4.78 is 38.4. The molecule has 152 valence electrons. The topological polar surface area (TPSA) is 38.7 Å². The lowest BCUT2D eigenvalue weighted by Gasteiger charge is -2.37. The van der Waals surface area contributed by atoms with E-state index in [0.29, 0.717) is 37.9 Å². The third kappa shape index (κ3) is 7.88. The van der Waals surface area contributed by atoms with Gasteiger partial charge in [-0.25, -0.2) is 0 Å². The monoisotopic (exact) mass is 417 g/mol. The lowest BCUT2D eigenvalue weighted by molar-refractivity contribution is -0.137. The van der Waals surface area contributed by atoms with Crippen molar-refractivity contribution in [2.45, 2.75) is 32.2 Å². The van der Waals surface area contributed by atoms with E-state index < -0.39 is 17.8 Å². The Morgan fingerprint density at radius 2 is 1.73 bits per heavy atom. The molecule has 1 fully saturated rings. The van der Waals surface area contributed by atoms with Crippen molar-refractivity contribution in [2.75, 3.05) is 44.2 Å². The van der Waals surface area contributed by atoms with Crippen LogP contribution in [0.5, 0.6) is 0 Å². The lowest BCUT2D eigenvalue weighted by Crippen LogP contribution is -2.50. The number of rotatable bonds is 6. The molecule has 1 aliphatic heterocycles. The molecule has 0 saturated carbocycles. The number of piperazine rings is 1. The highest BCUT2D eigenvalue weighted by Gasteiger charge is 2.31. The van der Waals surface area contributed by atoms with Crippen LogP contribution in [0, 0.1) is 0 Å². The van der Waals surface area contributed by atoms with Crippen molar-refractivity contribution in [2.24, 2.45) is 0 Å². The molecule has 1 heterocycles. The van der Waals surface area contributed by atoms with Gasteiger partial charge in [-0.05, 0) is 18.2 Å². The van der Waals surface area contributed by atoms with Crippen LogP contribution >= 0.6 is 24.8 Å². The molecule has 2 N–H and O–H groups in total. The molecule has 1 atom stereocenters. The molecule has 4 nitrogen and oxygen atoms in total. The second-order valence-electron chi connectivity index (χ2n) is 6.55. The molecule has 1 unspecified atom stereocenters. The Morgan fingerprint density at radius 1 is 1.12 bits per heavy atom. The second kappa shape index (κ2) is 11.2. The average molecular weight is 418 g/mol. The number of halogens is 5. The fourth-order valence-electron chi connectivity index (χ4n) is 2.80. The number of hydrogen-bond donors (Lipinski definition) is 2. The first-order valence-corrected chi connectivity index (χ1v) is 8.31. The average Bonchev–Trinajstić information content (AvgIpc) is 2.53. The SMILES string of the molecule is CC(C)NCC(O)CN1CCN(c2cccc(C(F)(F)F)c2)CC1.Cl.Cl.